The van der Waals surface area contributed by atoms with Gasteiger partial charge in [-0.2, -0.15) is 0 Å². The van der Waals surface area contributed by atoms with E-state index in [4.69, 9.17) is 20.0 Å². The average molecular weight is 362 g/mol. The van der Waals surface area contributed by atoms with Gasteiger partial charge in [-0.15, -0.1) is 0 Å². The summed E-state index contributed by atoms with van der Waals surface area (Å²) in [5, 5.41) is 17.2. The van der Waals surface area contributed by atoms with Crippen LogP contribution in [0.1, 0.15) is 18.1 Å². The Labute approximate surface area is 155 Å². The molecule has 2 N–H and O–H groups in total. The molecule has 0 saturated heterocycles. The largest absolute Gasteiger partial charge is 0.465 e. The summed E-state index contributed by atoms with van der Waals surface area (Å²) in [6.45, 7) is 1.76. The zero-order valence-electron chi connectivity index (χ0n) is 14.7. The predicted molar refractivity (Wildman–Crippen MR) is 103 cm³/mol. The number of esters is 1. The van der Waals surface area contributed by atoms with E-state index in [0.29, 0.717) is 16.5 Å². The van der Waals surface area contributed by atoms with Gasteiger partial charge in [0.1, 0.15) is 17.8 Å². The molecule has 1 aromatic heterocycles. The van der Waals surface area contributed by atoms with Crippen molar-refractivity contribution in [3.8, 4) is 0 Å². The van der Waals surface area contributed by atoms with Crippen LogP contribution in [-0.2, 0) is 9.53 Å². The maximum atomic E-state index is 12.8. The first-order valence-corrected chi connectivity index (χ1v) is 8.44. The molecule has 1 unspecified atom stereocenters. The summed E-state index contributed by atoms with van der Waals surface area (Å²) in [7, 11) is 0. The van der Waals surface area contributed by atoms with Crippen molar-refractivity contribution in [1.29, 1.82) is 10.8 Å². The highest BCUT2D eigenvalue weighted by molar-refractivity contribution is 6.28. The molecular weight excluding hydrogens is 344 g/mol. The molecule has 0 fully saturated rings. The summed E-state index contributed by atoms with van der Waals surface area (Å²) in [6.07, 6.45) is 1.16. The van der Waals surface area contributed by atoms with E-state index in [9.17, 15) is 9.59 Å². The molecule has 0 aliphatic heterocycles. The highest BCUT2D eigenvalue weighted by Crippen LogP contribution is 2.18. The molecule has 136 valence electrons. The Morgan fingerprint density at radius 2 is 1.70 bits per heavy atom. The van der Waals surface area contributed by atoms with E-state index in [0.717, 1.165) is 6.26 Å². The van der Waals surface area contributed by atoms with Crippen molar-refractivity contribution in [3.05, 3.63) is 82.2 Å². The van der Waals surface area contributed by atoms with Gasteiger partial charge in [0.2, 0.25) is 5.43 Å². The summed E-state index contributed by atoms with van der Waals surface area (Å²) in [6, 6.07) is 15.3. The van der Waals surface area contributed by atoms with E-state index < -0.39 is 17.3 Å². The summed E-state index contributed by atoms with van der Waals surface area (Å²) in [4.78, 5) is 25.3. The van der Waals surface area contributed by atoms with Crippen LogP contribution in [0.5, 0.6) is 0 Å². The quantitative estimate of drug-likeness (QED) is 0.518. The lowest BCUT2D eigenvalue weighted by Crippen LogP contribution is -2.36. The van der Waals surface area contributed by atoms with Crippen molar-refractivity contribution in [1.82, 2.24) is 0 Å². The number of nitrogens with one attached hydrogen (secondary N) is 2. The number of carbonyl (C=O) groups excluding carboxylic acids is 1. The number of benzene rings is 2. The zero-order valence-corrected chi connectivity index (χ0v) is 14.7. The number of ether oxygens (including phenoxy) is 1. The maximum Gasteiger partial charge on any atom is 0.321 e. The highest BCUT2D eigenvalue weighted by Gasteiger charge is 2.32. The third-order valence-corrected chi connectivity index (χ3v) is 4.15. The highest BCUT2D eigenvalue weighted by atomic mass is 16.5. The van der Waals surface area contributed by atoms with Gasteiger partial charge in [0, 0.05) is 0 Å². The van der Waals surface area contributed by atoms with Crippen molar-refractivity contribution in [2.75, 3.05) is 6.61 Å². The zero-order chi connectivity index (χ0) is 19.4. The van der Waals surface area contributed by atoms with Gasteiger partial charge >= 0.3 is 5.97 Å². The van der Waals surface area contributed by atoms with E-state index in [1.54, 1.807) is 61.5 Å². The lowest BCUT2D eigenvalue weighted by atomic mass is 9.89. The number of hydrogen-bond donors (Lipinski definition) is 2. The molecular formula is C21H18N2O4. The Balaban J connectivity index is 2.08. The Morgan fingerprint density at radius 3 is 2.41 bits per heavy atom. The molecule has 0 radical (unpaired) electrons. The summed E-state index contributed by atoms with van der Waals surface area (Å²) >= 11 is 0. The van der Waals surface area contributed by atoms with Gasteiger partial charge in [-0.05, 0) is 24.6 Å². The van der Waals surface area contributed by atoms with Crippen molar-refractivity contribution < 1.29 is 13.9 Å². The van der Waals surface area contributed by atoms with Crippen LogP contribution in [0, 0.1) is 16.7 Å². The van der Waals surface area contributed by atoms with E-state index in [1.807, 2.05) is 0 Å². The summed E-state index contributed by atoms with van der Waals surface area (Å²) in [5.41, 5.74) is -0.0341. The van der Waals surface area contributed by atoms with Gasteiger partial charge in [0.15, 0.2) is 0 Å². The Hall–Kier alpha value is -3.54. The molecule has 2 aromatic carbocycles. The molecule has 0 amide bonds. The van der Waals surface area contributed by atoms with Gasteiger partial charge in [-0.3, -0.25) is 9.59 Å². The summed E-state index contributed by atoms with van der Waals surface area (Å²) in [5.74, 6) is -2.07. The molecule has 3 aromatic rings. The third-order valence-electron chi connectivity index (χ3n) is 4.15. The van der Waals surface area contributed by atoms with Gasteiger partial charge in [-0.1, -0.05) is 42.5 Å². The van der Waals surface area contributed by atoms with Crippen molar-refractivity contribution in [2.45, 2.75) is 6.92 Å². The van der Waals surface area contributed by atoms with Crippen LogP contribution in [0.25, 0.3) is 11.0 Å². The van der Waals surface area contributed by atoms with Gasteiger partial charge in [0.25, 0.3) is 0 Å². The number of hydrogen-bond acceptors (Lipinski definition) is 6. The molecule has 0 bridgehead atoms. The smallest absolute Gasteiger partial charge is 0.321 e. The van der Waals surface area contributed by atoms with Crippen LogP contribution in [-0.4, -0.2) is 24.0 Å². The molecule has 0 saturated carbocycles. The molecule has 0 spiro atoms. The molecule has 1 heterocycles. The molecule has 0 aliphatic rings. The second-order valence-electron chi connectivity index (χ2n) is 5.85. The van der Waals surface area contributed by atoms with E-state index in [-0.39, 0.29) is 23.6 Å². The fourth-order valence-electron chi connectivity index (χ4n) is 2.81. The van der Waals surface area contributed by atoms with Crippen LogP contribution in [0.15, 0.2) is 70.1 Å². The number of fused-ring (bicyclic) bond motifs is 1. The topological polar surface area (TPSA) is 104 Å². The van der Waals surface area contributed by atoms with Crippen LogP contribution >= 0.6 is 0 Å². The Kier molecular flexibility index (Phi) is 5.26. The first kappa shape index (κ1) is 18.3. The number of para-hydroxylation sites is 1. The first-order valence-electron chi connectivity index (χ1n) is 8.44. The van der Waals surface area contributed by atoms with Crippen LogP contribution in [0.3, 0.4) is 0 Å². The molecule has 0 aliphatic carbocycles. The standard InChI is InChI=1S/C21H18N2O4/c1-2-26-21(25)17(18(22)13-8-4-3-5-9-13)19(23)15-12-27-16-11-7-6-10-14(16)20(15)24/h3-12,17,22-23H,2H2,1H3. The minimum absolute atomic E-state index is 0.0626. The first-order chi connectivity index (χ1) is 13.0. The SMILES string of the molecule is CCOC(=O)C(C(=N)c1ccccc1)C(=N)c1coc2ccccc2c1=O. The van der Waals surface area contributed by atoms with Crippen molar-refractivity contribution in [3.63, 3.8) is 0 Å². The van der Waals surface area contributed by atoms with Crippen LogP contribution in [0.2, 0.25) is 0 Å². The maximum absolute atomic E-state index is 12.8. The number of carbonyl (C=O) groups is 1. The molecule has 27 heavy (non-hydrogen) atoms. The lowest BCUT2D eigenvalue weighted by Gasteiger charge is -2.18. The Bertz CT molecular complexity index is 1070. The minimum Gasteiger partial charge on any atom is -0.465 e. The minimum atomic E-state index is -1.32. The van der Waals surface area contributed by atoms with Gasteiger partial charge in [-0.25, -0.2) is 0 Å². The fourth-order valence-corrected chi connectivity index (χ4v) is 2.81. The average Bonchev–Trinajstić information content (AvgIpc) is 2.69. The number of rotatable bonds is 6. The molecule has 6 heteroatoms. The molecule has 3 rings (SSSR count). The van der Waals surface area contributed by atoms with Crippen LogP contribution < -0.4 is 5.43 Å². The van der Waals surface area contributed by atoms with Gasteiger partial charge in [0.05, 0.1) is 29.0 Å². The predicted octanol–water partition coefficient (Wildman–Crippen LogP) is 3.41. The lowest BCUT2D eigenvalue weighted by molar-refractivity contribution is -0.143. The summed E-state index contributed by atoms with van der Waals surface area (Å²) < 4.78 is 10.5. The van der Waals surface area contributed by atoms with E-state index >= 15 is 0 Å². The van der Waals surface area contributed by atoms with Crippen LogP contribution in [0.4, 0.5) is 0 Å². The second-order valence-corrected chi connectivity index (χ2v) is 5.85. The van der Waals surface area contributed by atoms with Crippen molar-refractivity contribution >= 4 is 28.4 Å². The van der Waals surface area contributed by atoms with E-state index in [1.165, 1.54) is 0 Å². The monoisotopic (exact) mass is 362 g/mol. The van der Waals surface area contributed by atoms with Crippen molar-refractivity contribution in [2.24, 2.45) is 5.92 Å². The Morgan fingerprint density at radius 1 is 1.04 bits per heavy atom. The second kappa shape index (κ2) is 7.78. The molecule has 6 nitrogen and oxygen atoms in total. The van der Waals surface area contributed by atoms with Gasteiger partial charge < -0.3 is 20.0 Å². The molecule has 1 atom stereocenters. The third kappa shape index (κ3) is 3.55. The fraction of sp³-hybridized carbons (Fsp3) is 0.143. The van der Waals surface area contributed by atoms with E-state index in [2.05, 4.69) is 0 Å². The normalized spacial score (nSPS) is 11.7.